The molecule has 0 spiro atoms. The Morgan fingerprint density at radius 1 is 1.47 bits per heavy atom. The molecule has 15 heavy (non-hydrogen) atoms. The van der Waals surface area contributed by atoms with Crippen LogP contribution in [0, 0.1) is 0 Å². The molecule has 0 unspecified atom stereocenters. The summed E-state index contributed by atoms with van der Waals surface area (Å²) < 4.78 is 0. The number of nitrogens with zero attached hydrogens (tertiary/aromatic N) is 1. The molecular weight excluding hydrogens is 214 g/mol. The number of carboxylic acid groups (broad SMARTS) is 1. The maximum absolute atomic E-state index is 11.4. The van der Waals surface area contributed by atoms with Crippen LogP contribution in [0.4, 0.5) is 0 Å². The predicted molar refractivity (Wildman–Crippen MR) is 57.0 cm³/mol. The quantitative estimate of drug-likeness (QED) is 0.788. The molecule has 1 saturated carbocycles. The van der Waals surface area contributed by atoms with Crippen molar-refractivity contribution >= 4 is 17.6 Å². The second-order valence-corrected chi connectivity index (χ2v) is 4.35. The smallest absolute Gasteiger partial charge is 0.314 e. The molecule has 0 amide bonds. The molecule has 80 valence electrons. The van der Waals surface area contributed by atoms with Crippen LogP contribution >= 0.6 is 11.6 Å². The minimum Gasteiger partial charge on any atom is -0.481 e. The highest BCUT2D eigenvalue weighted by molar-refractivity contribution is 6.29. The van der Waals surface area contributed by atoms with Crippen LogP contribution in [0.2, 0.25) is 5.15 Å². The van der Waals surface area contributed by atoms with Gasteiger partial charge in [0.2, 0.25) is 0 Å². The van der Waals surface area contributed by atoms with Crippen LogP contribution in [0.25, 0.3) is 0 Å². The third-order valence-corrected chi connectivity index (χ3v) is 3.35. The number of rotatable bonds is 2. The minimum atomic E-state index is -0.748. The van der Waals surface area contributed by atoms with Crippen LogP contribution < -0.4 is 0 Å². The second kappa shape index (κ2) is 3.81. The van der Waals surface area contributed by atoms with Crippen molar-refractivity contribution < 1.29 is 9.90 Å². The van der Waals surface area contributed by atoms with Gasteiger partial charge in [0.05, 0.1) is 5.41 Å². The van der Waals surface area contributed by atoms with Gasteiger partial charge in [-0.3, -0.25) is 4.79 Å². The Balaban J connectivity index is 2.45. The number of halogens is 1. The van der Waals surface area contributed by atoms with Gasteiger partial charge in [-0.25, -0.2) is 4.98 Å². The van der Waals surface area contributed by atoms with Gasteiger partial charge in [0, 0.05) is 6.20 Å². The van der Waals surface area contributed by atoms with Crippen molar-refractivity contribution in [3.8, 4) is 0 Å². The number of carboxylic acids is 1. The van der Waals surface area contributed by atoms with E-state index in [2.05, 4.69) is 4.98 Å². The van der Waals surface area contributed by atoms with E-state index in [1.54, 1.807) is 18.3 Å². The molecule has 1 aliphatic rings. The molecular formula is C11H12ClNO2. The summed E-state index contributed by atoms with van der Waals surface area (Å²) in [5.41, 5.74) is 0.0551. The average molecular weight is 226 g/mol. The van der Waals surface area contributed by atoms with E-state index < -0.39 is 11.4 Å². The molecule has 0 aliphatic heterocycles. The second-order valence-electron chi connectivity index (χ2n) is 3.96. The third kappa shape index (κ3) is 1.72. The first-order chi connectivity index (χ1) is 7.15. The third-order valence-electron chi connectivity index (χ3n) is 3.15. The van der Waals surface area contributed by atoms with E-state index in [-0.39, 0.29) is 0 Å². The van der Waals surface area contributed by atoms with Gasteiger partial charge in [-0.2, -0.15) is 0 Å². The van der Waals surface area contributed by atoms with Crippen molar-refractivity contribution in [3.63, 3.8) is 0 Å². The van der Waals surface area contributed by atoms with Gasteiger partial charge in [0.15, 0.2) is 0 Å². The number of hydrogen-bond acceptors (Lipinski definition) is 2. The number of carbonyl (C=O) groups is 1. The maximum atomic E-state index is 11.4. The fraction of sp³-hybridized carbons (Fsp3) is 0.455. The van der Waals surface area contributed by atoms with Gasteiger partial charge in [0.1, 0.15) is 5.15 Å². The molecule has 1 aromatic heterocycles. The summed E-state index contributed by atoms with van der Waals surface area (Å²) in [7, 11) is 0. The Labute approximate surface area is 93.1 Å². The monoisotopic (exact) mass is 225 g/mol. The molecule has 1 heterocycles. The molecule has 0 aromatic carbocycles. The summed E-state index contributed by atoms with van der Waals surface area (Å²) >= 11 is 5.79. The normalized spacial score (nSPS) is 19.0. The van der Waals surface area contributed by atoms with Crippen molar-refractivity contribution in [1.29, 1.82) is 0 Å². The SMILES string of the molecule is O=C(O)C1(c2ccnc(Cl)c2)CCCC1. The summed E-state index contributed by atoms with van der Waals surface area (Å²) in [6, 6.07) is 3.42. The highest BCUT2D eigenvalue weighted by Crippen LogP contribution is 2.41. The van der Waals surface area contributed by atoms with E-state index in [1.165, 1.54) is 0 Å². The molecule has 1 aromatic rings. The Hall–Kier alpha value is -1.09. The van der Waals surface area contributed by atoms with Gasteiger partial charge in [-0.05, 0) is 30.5 Å². The lowest BCUT2D eigenvalue weighted by Crippen LogP contribution is -2.32. The first kappa shape index (κ1) is 10.4. The van der Waals surface area contributed by atoms with Gasteiger partial charge >= 0.3 is 5.97 Å². The zero-order valence-corrected chi connectivity index (χ0v) is 9.00. The summed E-state index contributed by atoms with van der Waals surface area (Å²) in [5, 5.41) is 9.71. The van der Waals surface area contributed by atoms with Crippen molar-refractivity contribution in [2.75, 3.05) is 0 Å². The summed E-state index contributed by atoms with van der Waals surface area (Å²) in [4.78, 5) is 15.2. The molecule has 3 nitrogen and oxygen atoms in total. The van der Waals surface area contributed by atoms with Gasteiger partial charge in [-0.15, -0.1) is 0 Å². The van der Waals surface area contributed by atoms with Crippen LogP contribution in [-0.4, -0.2) is 16.1 Å². The Morgan fingerprint density at radius 3 is 2.67 bits per heavy atom. The van der Waals surface area contributed by atoms with E-state index in [0.717, 1.165) is 18.4 Å². The summed E-state index contributed by atoms with van der Waals surface area (Å²) in [6.45, 7) is 0. The lowest BCUT2D eigenvalue weighted by Gasteiger charge is -2.24. The standard InChI is InChI=1S/C11H12ClNO2/c12-9-7-8(3-6-13-9)11(10(14)15)4-1-2-5-11/h3,6-7H,1-2,4-5H2,(H,14,15). The topological polar surface area (TPSA) is 50.2 Å². The largest absolute Gasteiger partial charge is 0.481 e. The number of hydrogen-bond donors (Lipinski definition) is 1. The van der Waals surface area contributed by atoms with E-state index in [4.69, 9.17) is 11.6 Å². The number of aliphatic carboxylic acids is 1. The van der Waals surface area contributed by atoms with Gasteiger partial charge in [0.25, 0.3) is 0 Å². The molecule has 0 bridgehead atoms. The van der Waals surface area contributed by atoms with Gasteiger partial charge in [-0.1, -0.05) is 24.4 Å². The lowest BCUT2D eigenvalue weighted by molar-refractivity contribution is -0.143. The van der Waals surface area contributed by atoms with Crippen molar-refractivity contribution in [2.45, 2.75) is 31.1 Å². The van der Waals surface area contributed by atoms with Gasteiger partial charge < -0.3 is 5.11 Å². The van der Waals surface area contributed by atoms with Crippen LogP contribution in [0.15, 0.2) is 18.3 Å². The molecule has 1 aliphatic carbocycles. The van der Waals surface area contributed by atoms with Crippen LogP contribution in [0.5, 0.6) is 0 Å². The fourth-order valence-electron chi connectivity index (χ4n) is 2.30. The molecule has 0 atom stereocenters. The molecule has 1 fully saturated rings. The van der Waals surface area contributed by atoms with Crippen LogP contribution in [0.1, 0.15) is 31.2 Å². The number of pyridine rings is 1. The summed E-state index contributed by atoms with van der Waals surface area (Å²) in [6.07, 6.45) is 4.89. The van der Waals surface area contributed by atoms with Crippen molar-refractivity contribution in [3.05, 3.63) is 29.0 Å². The Morgan fingerprint density at radius 2 is 2.13 bits per heavy atom. The van der Waals surface area contributed by atoms with E-state index in [9.17, 15) is 9.90 Å². The molecule has 1 N–H and O–H groups in total. The average Bonchev–Trinajstić information content (AvgIpc) is 2.67. The van der Waals surface area contributed by atoms with E-state index >= 15 is 0 Å². The Kier molecular flexibility index (Phi) is 2.65. The maximum Gasteiger partial charge on any atom is 0.314 e. The Bertz CT molecular complexity index is 386. The van der Waals surface area contributed by atoms with E-state index in [1.807, 2.05) is 0 Å². The van der Waals surface area contributed by atoms with Crippen molar-refractivity contribution in [1.82, 2.24) is 4.98 Å². The zero-order valence-electron chi connectivity index (χ0n) is 8.24. The number of aromatic nitrogens is 1. The minimum absolute atomic E-state index is 0.361. The molecule has 4 heteroatoms. The molecule has 0 radical (unpaired) electrons. The lowest BCUT2D eigenvalue weighted by atomic mass is 9.79. The highest BCUT2D eigenvalue weighted by atomic mass is 35.5. The first-order valence-electron chi connectivity index (χ1n) is 5.00. The fourth-order valence-corrected chi connectivity index (χ4v) is 2.48. The van der Waals surface area contributed by atoms with Crippen molar-refractivity contribution in [2.24, 2.45) is 0 Å². The molecule has 2 rings (SSSR count). The van der Waals surface area contributed by atoms with E-state index in [0.29, 0.717) is 18.0 Å². The summed E-state index contributed by atoms with van der Waals surface area (Å²) in [5.74, 6) is -0.748. The molecule has 0 saturated heterocycles. The first-order valence-corrected chi connectivity index (χ1v) is 5.38. The van der Waals surface area contributed by atoms with Crippen LogP contribution in [-0.2, 0) is 10.2 Å². The highest BCUT2D eigenvalue weighted by Gasteiger charge is 2.42. The zero-order chi connectivity index (χ0) is 10.9. The van der Waals surface area contributed by atoms with Crippen LogP contribution in [0.3, 0.4) is 0 Å². The predicted octanol–water partition coefficient (Wildman–Crippen LogP) is 2.63.